The third-order valence-corrected chi connectivity index (χ3v) is 2.40. The third kappa shape index (κ3) is 2.04. The first-order valence-electron chi connectivity index (χ1n) is 4.69. The van der Waals surface area contributed by atoms with Crippen LogP contribution in [0.5, 0.6) is 0 Å². The lowest BCUT2D eigenvalue weighted by Gasteiger charge is -2.02. The molecule has 0 spiro atoms. The molecule has 0 aliphatic carbocycles. The van der Waals surface area contributed by atoms with Gasteiger partial charge in [0.05, 0.1) is 0 Å². The summed E-state index contributed by atoms with van der Waals surface area (Å²) in [5.74, 6) is 0. The predicted octanol–water partition coefficient (Wildman–Crippen LogP) is 4.39. The third-order valence-electron chi connectivity index (χ3n) is 2.40. The van der Waals surface area contributed by atoms with Gasteiger partial charge < -0.3 is 0 Å². The minimum Gasteiger partial charge on any atom is -0.173 e. The quantitative estimate of drug-likeness (QED) is 0.646. The summed E-state index contributed by atoms with van der Waals surface area (Å²) < 4.78 is 24.1. The lowest BCUT2D eigenvalue weighted by atomic mass is 10.0. The van der Waals surface area contributed by atoms with E-state index in [9.17, 15) is 8.78 Å². The van der Waals surface area contributed by atoms with Crippen molar-refractivity contribution in [3.8, 4) is 0 Å². The van der Waals surface area contributed by atoms with Gasteiger partial charge in [0.1, 0.15) is 0 Å². The fourth-order valence-corrected chi connectivity index (χ4v) is 1.68. The molecule has 0 unspecified atom stereocenters. The molecule has 0 aliphatic rings. The smallest absolute Gasteiger partial charge is 0.173 e. The Balaban J connectivity index is 2.62. The number of aryl methyl sites for hydroxylation is 1. The van der Waals surface area contributed by atoms with Crippen LogP contribution < -0.4 is 0 Å². The van der Waals surface area contributed by atoms with Gasteiger partial charge >= 0.3 is 0 Å². The molecule has 0 saturated carbocycles. The lowest BCUT2D eigenvalue weighted by Crippen LogP contribution is -1.79. The maximum absolute atomic E-state index is 12.1. The average molecular weight is 204 g/mol. The number of fused-ring (bicyclic) bond motifs is 1. The van der Waals surface area contributed by atoms with Gasteiger partial charge in [-0.3, -0.25) is 0 Å². The van der Waals surface area contributed by atoms with Crippen molar-refractivity contribution in [1.82, 2.24) is 0 Å². The van der Waals surface area contributed by atoms with E-state index >= 15 is 0 Å². The number of halogens is 2. The predicted molar refractivity (Wildman–Crippen MR) is 58.9 cm³/mol. The molecule has 0 saturated heterocycles. The molecule has 0 heterocycles. The van der Waals surface area contributed by atoms with Crippen molar-refractivity contribution in [3.63, 3.8) is 0 Å². The summed E-state index contributed by atoms with van der Waals surface area (Å²) in [4.78, 5) is 0. The summed E-state index contributed by atoms with van der Waals surface area (Å²) in [5, 5.41) is 2.10. The van der Waals surface area contributed by atoms with Crippen LogP contribution >= 0.6 is 0 Å². The highest BCUT2D eigenvalue weighted by Crippen LogP contribution is 2.21. The molecule has 2 rings (SSSR count). The van der Waals surface area contributed by atoms with Crippen LogP contribution in [0.25, 0.3) is 16.8 Å². The van der Waals surface area contributed by atoms with Gasteiger partial charge in [-0.2, -0.15) is 8.78 Å². The van der Waals surface area contributed by atoms with Gasteiger partial charge in [0, 0.05) is 6.08 Å². The van der Waals surface area contributed by atoms with Crippen molar-refractivity contribution >= 4 is 16.8 Å². The molecule has 0 aliphatic heterocycles. The molecule has 2 heteroatoms. The van der Waals surface area contributed by atoms with E-state index in [1.54, 1.807) is 12.1 Å². The zero-order valence-electron chi connectivity index (χ0n) is 8.30. The highest BCUT2D eigenvalue weighted by Gasteiger charge is 1.98. The normalized spacial score (nSPS) is 10.3. The summed E-state index contributed by atoms with van der Waals surface area (Å²) in [6.07, 6.45) is -0.788. The zero-order chi connectivity index (χ0) is 10.8. The summed E-state index contributed by atoms with van der Waals surface area (Å²) in [5.41, 5.74) is 1.69. The molecule has 0 N–H and O–H groups in total. The van der Waals surface area contributed by atoms with Crippen molar-refractivity contribution in [3.05, 3.63) is 53.6 Å². The van der Waals surface area contributed by atoms with E-state index in [0.717, 1.165) is 22.4 Å². The maximum Gasteiger partial charge on any atom is 0.270 e. The molecule has 0 atom stereocenters. The zero-order valence-corrected chi connectivity index (χ0v) is 8.30. The summed E-state index contributed by atoms with van der Waals surface area (Å²) in [6, 6.07) is 11.2. The second-order valence-corrected chi connectivity index (χ2v) is 3.49. The molecule has 0 amide bonds. The van der Waals surface area contributed by atoms with Gasteiger partial charge in [-0.05, 0) is 34.9 Å². The van der Waals surface area contributed by atoms with Gasteiger partial charge in [0.2, 0.25) is 0 Å². The Bertz CT molecular complexity index is 523. The minimum atomic E-state index is -1.66. The van der Waals surface area contributed by atoms with Crippen LogP contribution in [0.2, 0.25) is 0 Å². The van der Waals surface area contributed by atoms with Crippen molar-refractivity contribution in [2.45, 2.75) is 6.92 Å². The van der Waals surface area contributed by atoms with E-state index in [4.69, 9.17) is 0 Å². The summed E-state index contributed by atoms with van der Waals surface area (Å²) in [7, 11) is 0. The fourth-order valence-electron chi connectivity index (χ4n) is 1.68. The van der Waals surface area contributed by atoms with Crippen molar-refractivity contribution in [2.24, 2.45) is 0 Å². The number of hydrogen-bond acceptors (Lipinski definition) is 0. The highest BCUT2D eigenvalue weighted by atomic mass is 19.3. The summed E-state index contributed by atoms with van der Waals surface area (Å²) >= 11 is 0. The van der Waals surface area contributed by atoms with Gasteiger partial charge in [-0.25, -0.2) is 0 Å². The molecule has 0 fully saturated rings. The fraction of sp³-hybridized carbons (Fsp3) is 0.0769. The molecule has 15 heavy (non-hydrogen) atoms. The second kappa shape index (κ2) is 3.81. The Morgan fingerprint density at radius 2 is 1.93 bits per heavy atom. The maximum atomic E-state index is 12.1. The van der Waals surface area contributed by atoms with Crippen molar-refractivity contribution < 1.29 is 8.78 Å². The average Bonchev–Trinajstić information content (AvgIpc) is 2.17. The Morgan fingerprint density at radius 3 is 2.67 bits per heavy atom. The molecule has 0 nitrogen and oxygen atoms in total. The van der Waals surface area contributed by atoms with Crippen molar-refractivity contribution in [2.75, 3.05) is 0 Å². The Labute approximate surface area is 86.8 Å². The molecular weight excluding hydrogens is 194 g/mol. The SMILES string of the molecule is Cc1cccc2cc(C=C(F)F)ccc12. The van der Waals surface area contributed by atoms with Crippen molar-refractivity contribution in [1.29, 1.82) is 0 Å². The molecule has 2 aromatic rings. The largest absolute Gasteiger partial charge is 0.270 e. The number of hydrogen-bond donors (Lipinski definition) is 0. The molecule has 0 bridgehead atoms. The Hall–Kier alpha value is -1.70. The topological polar surface area (TPSA) is 0 Å². The summed E-state index contributed by atoms with van der Waals surface area (Å²) in [6.45, 7) is 2.01. The van der Waals surface area contributed by atoms with Gasteiger partial charge in [-0.15, -0.1) is 0 Å². The lowest BCUT2D eigenvalue weighted by molar-refractivity contribution is 0.429. The molecule has 0 radical (unpaired) electrons. The Kier molecular flexibility index (Phi) is 2.50. The van der Waals surface area contributed by atoms with Crippen LogP contribution in [0, 0.1) is 6.92 Å². The first kappa shape index (κ1) is 9.84. The van der Waals surface area contributed by atoms with E-state index in [1.807, 2.05) is 31.2 Å². The van der Waals surface area contributed by atoms with Crippen LogP contribution in [0.1, 0.15) is 11.1 Å². The number of rotatable bonds is 1. The minimum absolute atomic E-state index is 0.535. The van der Waals surface area contributed by atoms with E-state index < -0.39 is 6.08 Å². The monoisotopic (exact) mass is 204 g/mol. The van der Waals surface area contributed by atoms with E-state index in [-0.39, 0.29) is 0 Å². The Morgan fingerprint density at radius 1 is 1.13 bits per heavy atom. The molecule has 2 aromatic carbocycles. The molecular formula is C13H10F2. The molecule has 76 valence electrons. The van der Waals surface area contributed by atoms with Crippen LogP contribution in [0.4, 0.5) is 8.78 Å². The van der Waals surface area contributed by atoms with Crippen LogP contribution in [-0.4, -0.2) is 0 Å². The number of benzene rings is 2. The van der Waals surface area contributed by atoms with Gasteiger partial charge in [-0.1, -0.05) is 30.3 Å². The van der Waals surface area contributed by atoms with Crippen LogP contribution in [-0.2, 0) is 0 Å². The first-order valence-corrected chi connectivity index (χ1v) is 4.69. The van der Waals surface area contributed by atoms with Gasteiger partial charge in [0.15, 0.2) is 0 Å². The standard InChI is InChI=1S/C13H10F2/c1-9-3-2-4-11-7-10(8-13(14)15)5-6-12(9)11/h2-8H,1H3. The van der Waals surface area contributed by atoms with E-state index in [1.165, 1.54) is 0 Å². The van der Waals surface area contributed by atoms with Crippen LogP contribution in [0.15, 0.2) is 42.5 Å². The van der Waals surface area contributed by atoms with E-state index in [2.05, 4.69) is 0 Å². The second-order valence-electron chi connectivity index (χ2n) is 3.49. The van der Waals surface area contributed by atoms with E-state index in [0.29, 0.717) is 5.56 Å². The molecule has 0 aromatic heterocycles. The first-order chi connectivity index (χ1) is 7.16. The highest BCUT2D eigenvalue weighted by molar-refractivity contribution is 5.87. The van der Waals surface area contributed by atoms with Gasteiger partial charge in [0.25, 0.3) is 6.08 Å². The van der Waals surface area contributed by atoms with Crippen LogP contribution in [0.3, 0.4) is 0 Å².